The fourth-order valence-corrected chi connectivity index (χ4v) is 2.78. The highest BCUT2D eigenvalue weighted by molar-refractivity contribution is 7.17. The van der Waals surface area contributed by atoms with Crippen LogP contribution in [0.3, 0.4) is 0 Å². The number of aryl methyl sites for hydroxylation is 1. The first-order valence-corrected chi connectivity index (χ1v) is 6.83. The Balaban J connectivity index is 1.85. The lowest BCUT2D eigenvalue weighted by atomic mass is 10.3. The van der Waals surface area contributed by atoms with Gasteiger partial charge < -0.3 is 5.32 Å². The van der Waals surface area contributed by atoms with Gasteiger partial charge in [0.25, 0.3) is 5.91 Å². The number of benzene rings is 1. The van der Waals surface area contributed by atoms with Crippen LogP contribution in [0.1, 0.15) is 15.4 Å². The lowest BCUT2D eigenvalue weighted by Crippen LogP contribution is -2.12. The van der Waals surface area contributed by atoms with Gasteiger partial charge in [0.15, 0.2) is 4.96 Å². The van der Waals surface area contributed by atoms with Gasteiger partial charge in [-0.15, -0.1) is 11.3 Å². The molecule has 6 heteroatoms. The lowest BCUT2D eigenvalue weighted by molar-refractivity contribution is 0.102. The quantitative estimate of drug-likeness (QED) is 0.784. The highest BCUT2D eigenvalue weighted by atomic mass is 35.5. The van der Waals surface area contributed by atoms with E-state index in [0.29, 0.717) is 16.4 Å². The summed E-state index contributed by atoms with van der Waals surface area (Å²) >= 11 is 7.42. The normalized spacial score (nSPS) is 10.8. The predicted octanol–water partition coefficient (Wildman–Crippen LogP) is 3.61. The monoisotopic (exact) mass is 291 g/mol. The average molecular weight is 292 g/mol. The van der Waals surface area contributed by atoms with Gasteiger partial charge in [-0.05, 0) is 25.1 Å². The molecule has 4 nitrogen and oxygen atoms in total. The zero-order valence-electron chi connectivity index (χ0n) is 10.1. The highest BCUT2D eigenvalue weighted by Gasteiger charge is 2.12. The van der Waals surface area contributed by atoms with Crippen molar-refractivity contribution in [3.63, 3.8) is 0 Å². The number of imidazole rings is 1. The molecule has 0 saturated heterocycles. The zero-order chi connectivity index (χ0) is 13.4. The SMILES string of the molecule is Cc1cn2cc(C(=O)Nc3cccc(Cl)c3)nc2s1. The van der Waals surface area contributed by atoms with Crippen LogP contribution < -0.4 is 5.32 Å². The number of aromatic nitrogens is 2. The van der Waals surface area contributed by atoms with Gasteiger partial charge in [0, 0.05) is 28.0 Å². The van der Waals surface area contributed by atoms with E-state index >= 15 is 0 Å². The first-order chi connectivity index (χ1) is 9.11. The molecule has 19 heavy (non-hydrogen) atoms. The molecule has 0 fully saturated rings. The van der Waals surface area contributed by atoms with Crippen molar-refractivity contribution < 1.29 is 4.79 Å². The molecule has 0 aliphatic heterocycles. The van der Waals surface area contributed by atoms with Crippen molar-refractivity contribution in [2.45, 2.75) is 6.92 Å². The van der Waals surface area contributed by atoms with Gasteiger partial charge >= 0.3 is 0 Å². The van der Waals surface area contributed by atoms with E-state index in [1.807, 2.05) is 17.5 Å². The first kappa shape index (κ1) is 12.2. The van der Waals surface area contributed by atoms with Gasteiger partial charge in [-0.25, -0.2) is 4.98 Å². The van der Waals surface area contributed by atoms with Crippen LogP contribution in [0.5, 0.6) is 0 Å². The Hall–Kier alpha value is -1.85. The van der Waals surface area contributed by atoms with Crippen molar-refractivity contribution in [2.24, 2.45) is 0 Å². The molecule has 1 amide bonds. The topological polar surface area (TPSA) is 46.4 Å². The third-order valence-electron chi connectivity index (χ3n) is 2.59. The first-order valence-electron chi connectivity index (χ1n) is 5.64. The van der Waals surface area contributed by atoms with Gasteiger partial charge in [-0.1, -0.05) is 17.7 Å². The molecule has 0 bridgehead atoms. The van der Waals surface area contributed by atoms with Gasteiger partial charge in [-0.2, -0.15) is 0 Å². The molecule has 96 valence electrons. The van der Waals surface area contributed by atoms with E-state index in [9.17, 15) is 4.79 Å². The number of halogens is 1. The Bertz CT molecular complexity index is 731. The molecular weight excluding hydrogens is 282 g/mol. The molecule has 1 N–H and O–H groups in total. The molecule has 0 spiro atoms. The van der Waals surface area contributed by atoms with Crippen molar-refractivity contribution in [3.05, 3.63) is 52.3 Å². The number of hydrogen-bond acceptors (Lipinski definition) is 3. The van der Waals surface area contributed by atoms with Crippen molar-refractivity contribution in [3.8, 4) is 0 Å². The fraction of sp³-hybridized carbons (Fsp3) is 0.0769. The van der Waals surface area contributed by atoms with E-state index in [1.165, 1.54) is 0 Å². The van der Waals surface area contributed by atoms with Crippen LogP contribution in [0, 0.1) is 6.92 Å². The van der Waals surface area contributed by atoms with Gasteiger partial charge in [0.2, 0.25) is 0 Å². The fourth-order valence-electron chi connectivity index (χ4n) is 1.78. The Morgan fingerprint density at radius 2 is 2.26 bits per heavy atom. The van der Waals surface area contributed by atoms with Crippen molar-refractivity contribution in [2.75, 3.05) is 5.32 Å². The number of hydrogen-bond donors (Lipinski definition) is 1. The molecule has 0 aliphatic carbocycles. The number of nitrogens with one attached hydrogen (secondary N) is 1. The Labute approximate surface area is 118 Å². The van der Waals surface area contributed by atoms with Crippen LogP contribution in [0.2, 0.25) is 5.02 Å². The molecule has 0 atom stereocenters. The van der Waals surface area contributed by atoms with Crippen LogP contribution in [0.4, 0.5) is 5.69 Å². The summed E-state index contributed by atoms with van der Waals surface area (Å²) < 4.78 is 1.85. The second-order valence-electron chi connectivity index (χ2n) is 4.12. The minimum Gasteiger partial charge on any atom is -0.321 e. The van der Waals surface area contributed by atoms with E-state index in [2.05, 4.69) is 10.3 Å². The molecule has 0 radical (unpaired) electrons. The number of fused-ring (bicyclic) bond motifs is 1. The number of amides is 1. The van der Waals surface area contributed by atoms with E-state index in [4.69, 9.17) is 11.6 Å². The van der Waals surface area contributed by atoms with E-state index in [1.54, 1.807) is 41.8 Å². The second kappa shape index (κ2) is 4.68. The number of nitrogens with zero attached hydrogens (tertiary/aromatic N) is 2. The maximum Gasteiger partial charge on any atom is 0.275 e. The van der Waals surface area contributed by atoms with Gasteiger partial charge in [-0.3, -0.25) is 9.20 Å². The minimum absolute atomic E-state index is 0.240. The Morgan fingerprint density at radius 1 is 1.42 bits per heavy atom. The smallest absolute Gasteiger partial charge is 0.275 e. The predicted molar refractivity (Wildman–Crippen MR) is 77.2 cm³/mol. The van der Waals surface area contributed by atoms with Gasteiger partial charge in [0.1, 0.15) is 5.69 Å². The minimum atomic E-state index is -0.240. The van der Waals surface area contributed by atoms with Crippen LogP contribution in [-0.2, 0) is 0 Å². The maximum absolute atomic E-state index is 12.1. The third-order valence-corrected chi connectivity index (χ3v) is 3.73. The van der Waals surface area contributed by atoms with Crippen LogP contribution in [0.25, 0.3) is 4.96 Å². The van der Waals surface area contributed by atoms with Crippen molar-refractivity contribution in [1.29, 1.82) is 0 Å². The van der Waals surface area contributed by atoms with E-state index in [0.717, 1.165) is 9.84 Å². The summed E-state index contributed by atoms with van der Waals surface area (Å²) in [6, 6.07) is 7.02. The standard InChI is InChI=1S/C13H10ClN3OS/c1-8-6-17-7-11(16-13(17)19-8)12(18)15-10-4-2-3-9(14)5-10/h2-7H,1H3,(H,15,18). The Kier molecular flexibility index (Phi) is 3.00. The molecule has 2 heterocycles. The molecule has 1 aromatic carbocycles. The average Bonchev–Trinajstić information content (AvgIpc) is 2.86. The lowest BCUT2D eigenvalue weighted by Gasteiger charge is -2.02. The maximum atomic E-state index is 12.1. The highest BCUT2D eigenvalue weighted by Crippen LogP contribution is 2.18. The van der Waals surface area contributed by atoms with Crippen LogP contribution in [-0.4, -0.2) is 15.3 Å². The van der Waals surface area contributed by atoms with Crippen LogP contribution >= 0.6 is 22.9 Å². The molecule has 3 aromatic rings. The van der Waals surface area contributed by atoms with E-state index in [-0.39, 0.29) is 5.91 Å². The molecule has 0 unspecified atom stereocenters. The molecule has 0 aliphatic rings. The number of carbonyl (C=O) groups excluding carboxylic acids is 1. The second-order valence-corrected chi connectivity index (χ2v) is 5.77. The summed E-state index contributed by atoms with van der Waals surface area (Å²) in [5.41, 5.74) is 1.05. The summed E-state index contributed by atoms with van der Waals surface area (Å²) in [5.74, 6) is -0.240. The van der Waals surface area contributed by atoms with Crippen LogP contribution in [0.15, 0.2) is 36.7 Å². The van der Waals surface area contributed by atoms with Crippen molar-refractivity contribution in [1.82, 2.24) is 9.38 Å². The van der Waals surface area contributed by atoms with E-state index < -0.39 is 0 Å². The van der Waals surface area contributed by atoms with Crippen molar-refractivity contribution >= 4 is 39.5 Å². The summed E-state index contributed by atoms with van der Waals surface area (Å²) in [6.07, 6.45) is 3.67. The number of thiazole rings is 1. The molecule has 2 aromatic heterocycles. The largest absolute Gasteiger partial charge is 0.321 e. The number of anilines is 1. The summed E-state index contributed by atoms with van der Waals surface area (Å²) in [6.45, 7) is 2.01. The molecular formula is C13H10ClN3OS. The zero-order valence-corrected chi connectivity index (χ0v) is 11.6. The number of rotatable bonds is 2. The third kappa shape index (κ3) is 2.47. The summed E-state index contributed by atoms with van der Waals surface area (Å²) in [5, 5.41) is 3.35. The molecule has 3 rings (SSSR count). The summed E-state index contributed by atoms with van der Waals surface area (Å²) in [4.78, 5) is 18.3. The Morgan fingerprint density at radius 3 is 3.00 bits per heavy atom. The molecule has 0 saturated carbocycles. The number of carbonyl (C=O) groups is 1. The summed E-state index contributed by atoms with van der Waals surface area (Å²) in [7, 11) is 0. The van der Waals surface area contributed by atoms with Gasteiger partial charge in [0.05, 0.1) is 0 Å².